The van der Waals surface area contributed by atoms with Crippen LogP contribution in [0.1, 0.15) is 12.8 Å². The van der Waals surface area contributed by atoms with Gasteiger partial charge in [0, 0.05) is 38.6 Å². The molecule has 0 aromatic rings. The van der Waals surface area contributed by atoms with E-state index in [1.807, 2.05) is 0 Å². The minimum absolute atomic E-state index is 0.0241. The molecule has 7 heteroatoms. The largest absolute Gasteiger partial charge is 0.469 e. The number of rotatable bonds is 7. The molecule has 1 aliphatic heterocycles. The maximum absolute atomic E-state index is 12.2. The summed E-state index contributed by atoms with van der Waals surface area (Å²) in [5, 5.41) is 2.85. The van der Waals surface area contributed by atoms with Gasteiger partial charge in [0.25, 0.3) is 6.43 Å². The van der Waals surface area contributed by atoms with Gasteiger partial charge in [0.2, 0.25) is 0 Å². The average molecular weight is 279 g/mol. The van der Waals surface area contributed by atoms with Crippen molar-refractivity contribution in [1.29, 1.82) is 0 Å². The second-order valence-corrected chi connectivity index (χ2v) is 4.93. The molecule has 0 aromatic heterocycles. The van der Waals surface area contributed by atoms with Crippen molar-refractivity contribution in [2.45, 2.75) is 25.3 Å². The molecule has 2 unspecified atom stereocenters. The van der Waals surface area contributed by atoms with Gasteiger partial charge < -0.3 is 20.7 Å². The molecule has 1 heterocycles. The van der Waals surface area contributed by atoms with Crippen LogP contribution in [0.2, 0.25) is 0 Å². The number of carbonyl (C=O) groups is 1. The summed E-state index contributed by atoms with van der Waals surface area (Å²) in [6.07, 6.45) is -1.32. The fraction of sp³-hybridized carbons (Fsp3) is 0.917. The number of esters is 1. The number of nitrogens with two attached hydrogens (primary N) is 1. The Kier molecular flexibility index (Phi) is 7.19. The van der Waals surface area contributed by atoms with Crippen LogP contribution in [0.3, 0.4) is 0 Å². The summed E-state index contributed by atoms with van der Waals surface area (Å²) in [5.74, 6) is -0.130. The van der Waals surface area contributed by atoms with Gasteiger partial charge in [-0.3, -0.25) is 4.79 Å². The Morgan fingerprint density at radius 1 is 1.53 bits per heavy atom. The lowest BCUT2D eigenvalue weighted by atomic mass is 9.91. The Morgan fingerprint density at radius 2 is 2.26 bits per heavy atom. The van der Waals surface area contributed by atoms with Crippen LogP contribution in [-0.4, -0.2) is 63.2 Å². The van der Waals surface area contributed by atoms with Gasteiger partial charge in [-0.15, -0.1) is 0 Å². The predicted molar refractivity (Wildman–Crippen MR) is 68.0 cm³/mol. The van der Waals surface area contributed by atoms with Crippen molar-refractivity contribution in [3.05, 3.63) is 0 Å². The number of hydrogen-bond donors (Lipinski definition) is 2. The Balaban J connectivity index is 2.49. The van der Waals surface area contributed by atoms with Crippen LogP contribution in [0.25, 0.3) is 0 Å². The topological polar surface area (TPSA) is 67.6 Å². The van der Waals surface area contributed by atoms with Gasteiger partial charge in [-0.2, -0.15) is 0 Å². The first-order valence-corrected chi connectivity index (χ1v) is 6.56. The third kappa shape index (κ3) is 6.26. The molecular weight excluding hydrogens is 256 g/mol. The summed E-state index contributed by atoms with van der Waals surface area (Å²) in [5.41, 5.74) is 5.53. The third-order valence-electron chi connectivity index (χ3n) is 3.30. The molecule has 0 saturated carbocycles. The minimum atomic E-state index is -2.36. The first-order chi connectivity index (χ1) is 9.05. The fourth-order valence-corrected chi connectivity index (χ4v) is 2.54. The van der Waals surface area contributed by atoms with Crippen molar-refractivity contribution in [1.82, 2.24) is 10.2 Å². The van der Waals surface area contributed by atoms with Gasteiger partial charge in [0.05, 0.1) is 13.7 Å². The van der Waals surface area contributed by atoms with Crippen LogP contribution < -0.4 is 11.1 Å². The number of halogens is 2. The maximum atomic E-state index is 12.2. The number of piperidine rings is 1. The van der Waals surface area contributed by atoms with Crippen LogP contribution in [-0.2, 0) is 9.53 Å². The summed E-state index contributed by atoms with van der Waals surface area (Å²) in [4.78, 5) is 13.4. The van der Waals surface area contributed by atoms with Gasteiger partial charge in [-0.25, -0.2) is 8.78 Å². The molecule has 0 radical (unpaired) electrons. The van der Waals surface area contributed by atoms with E-state index in [2.05, 4.69) is 15.0 Å². The van der Waals surface area contributed by atoms with Crippen LogP contribution in [0.15, 0.2) is 0 Å². The van der Waals surface area contributed by atoms with Gasteiger partial charge in [0.15, 0.2) is 0 Å². The average Bonchev–Trinajstić information content (AvgIpc) is 2.36. The lowest BCUT2D eigenvalue weighted by Crippen LogP contribution is -2.51. The van der Waals surface area contributed by atoms with Crippen molar-refractivity contribution in [3.8, 4) is 0 Å². The molecule has 0 aromatic carbocycles. The van der Waals surface area contributed by atoms with Crippen LogP contribution in [0.4, 0.5) is 8.78 Å². The summed E-state index contributed by atoms with van der Waals surface area (Å²) in [6, 6.07) is -0.0241. The molecule has 0 bridgehead atoms. The van der Waals surface area contributed by atoms with Crippen molar-refractivity contribution >= 4 is 5.97 Å². The summed E-state index contributed by atoms with van der Waals surface area (Å²) < 4.78 is 29.1. The second-order valence-electron chi connectivity index (χ2n) is 4.93. The van der Waals surface area contributed by atoms with Crippen molar-refractivity contribution in [2.24, 2.45) is 11.7 Å². The van der Waals surface area contributed by atoms with E-state index in [-0.39, 0.29) is 24.5 Å². The smallest absolute Gasteiger partial charge is 0.305 e. The number of hydrogen-bond acceptors (Lipinski definition) is 5. The fourth-order valence-electron chi connectivity index (χ4n) is 2.54. The molecule has 1 saturated heterocycles. The van der Waals surface area contributed by atoms with E-state index in [1.165, 1.54) is 7.11 Å². The second kappa shape index (κ2) is 8.39. The molecule has 0 aliphatic carbocycles. The summed E-state index contributed by atoms with van der Waals surface area (Å²) in [6.45, 7) is 2.38. The molecule has 0 amide bonds. The van der Waals surface area contributed by atoms with E-state index in [0.717, 1.165) is 6.54 Å². The molecule has 1 aliphatic rings. The maximum Gasteiger partial charge on any atom is 0.305 e. The highest BCUT2D eigenvalue weighted by molar-refractivity contribution is 5.69. The summed E-state index contributed by atoms with van der Waals surface area (Å²) >= 11 is 0. The van der Waals surface area contributed by atoms with Crippen molar-refractivity contribution in [2.75, 3.05) is 39.8 Å². The molecule has 1 fully saturated rings. The molecular formula is C12H23F2N3O2. The van der Waals surface area contributed by atoms with Gasteiger partial charge in [-0.1, -0.05) is 0 Å². The molecule has 5 nitrogen and oxygen atoms in total. The highest BCUT2D eigenvalue weighted by Gasteiger charge is 2.28. The number of likely N-dealkylation sites (tertiary alicyclic amines) is 1. The third-order valence-corrected chi connectivity index (χ3v) is 3.30. The highest BCUT2D eigenvalue weighted by atomic mass is 19.3. The monoisotopic (exact) mass is 279 g/mol. The normalized spacial score (nSPS) is 24.7. The van der Waals surface area contributed by atoms with E-state index in [4.69, 9.17) is 5.73 Å². The number of carbonyl (C=O) groups excluding carboxylic acids is 1. The van der Waals surface area contributed by atoms with E-state index < -0.39 is 6.43 Å². The Hall–Kier alpha value is -0.790. The SMILES string of the molecule is COC(=O)CC1CC(NCC(F)F)CN(CCN)C1. The number of methoxy groups -OCH3 is 1. The molecule has 2 atom stereocenters. The van der Waals surface area contributed by atoms with E-state index in [1.54, 1.807) is 0 Å². The lowest BCUT2D eigenvalue weighted by Gasteiger charge is -2.37. The Bertz CT molecular complexity index is 280. The van der Waals surface area contributed by atoms with E-state index in [9.17, 15) is 13.6 Å². The van der Waals surface area contributed by atoms with Crippen LogP contribution >= 0.6 is 0 Å². The van der Waals surface area contributed by atoms with Crippen molar-refractivity contribution < 1.29 is 18.3 Å². The number of ether oxygens (including phenoxy) is 1. The molecule has 0 spiro atoms. The van der Waals surface area contributed by atoms with Crippen LogP contribution in [0, 0.1) is 5.92 Å². The van der Waals surface area contributed by atoms with Gasteiger partial charge in [-0.05, 0) is 12.3 Å². The molecule has 19 heavy (non-hydrogen) atoms. The van der Waals surface area contributed by atoms with Gasteiger partial charge >= 0.3 is 5.97 Å². The number of nitrogens with zero attached hydrogens (tertiary/aromatic N) is 1. The van der Waals surface area contributed by atoms with Crippen molar-refractivity contribution in [3.63, 3.8) is 0 Å². The number of alkyl halides is 2. The van der Waals surface area contributed by atoms with E-state index in [0.29, 0.717) is 32.5 Å². The zero-order valence-electron chi connectivity index (χ0n) is 11.3. The standard InChI is InChI=1S/C12H23F2N3O2/c1-19-12(18)5-9-4-10(16-6-11(13)14)8-17(7-9)3-2-15/h9-11,16H,2-8,15H2,1H3. The van der Waals surface area contributed by atoms with E-state index >= 15 is 0 Å². The zero-order valence-corrected chi connectivity index (χ0v) is 11.3. The van der Waals surface area contributed by atoms with Crippen LogP contribution in [0.5, 0.6) is 0 Å². The first kappa shape index (κ1) is 16.3. The molecule has 112 valence electrons. The molecule has 3 N–H and O–H groups in total. The first-order valence-electron chi connectivity index (χ1n) is 6.56. The Labute approximate surface area is 112 Å². The highest BCUT2D eigenvalue weighted by Crippen LogP contribution is 2.20. The summed E-state index contributed by atoms with van der Waals surface area (Å²) in [7, 11) is 1.36. The van der Waals surface area contributed by atoms with Gasteiger partial charge in [0.1, 0.15) is 0 Å². The quantitative estimate of drug-likeness (QED) is 0.645. The lowest BCUT2D eigenvalue weighted by molar-refractivity contribution is -0.142. The Morgan fingerprint density at radius 3 is 2.84 bits per heavy atom. The zero-order chi connectivity index (χ0) is 14.3. The predicted octanol–water partition coefficient (Wildman–Crippen LogP) is 0.0534. The number of nitrogens with one attached hydrogen (secondary N) is 1. The molecule has 1 rings (SSSR count). The minimum Gasteiger partial charge on any atom is -0.469 e.